The fourth-order valence-corrected chi connectivity index (χ4v) is 5.01. The van der Waals surface area contributed by atoms with Gasteiger partial charge in [0.1, 0.15) is 28.6 Å². The van der Waals surface area contributed by atoms with Crippen molar-refractivity contribution in [1.29, 1.82) is 0 Å². The SMILES string of the molecule is C.O=C(O)c1cc(Br)c(O)cc1O.O=C(c1cc(Br)c(O)cc1O)N1Cc2ccccc2C1.c1ccc2c(c1)CNC2. The molecule has 0 spiro atoms. The Morgan fingerprint density at radius 3 is 1.50 bits per heavy atom. The minimum absolute atomic E-state index is 0. The maximum Gasteiger partial charge on any atom is 0.339 e. The molecule has 0 saturated heterocycles. The van der Waals surface area contributed by atoms with Gasteiger partial charge in [0.25, 0.3) is 5.91 Å². The number of phenols is 4. The van der Waals surface area contributed by atoms with Crippen LogP contribution in [0.4, 0.5) is 0 Å². The molecule has 42 heavy (non-hydrogen) atoms. The number of benzene rings is 4. The molecule has 0 aliphatic carbocycles. The van der Waals surface area contributed by atoms with Gasteiger partial charge in [0.15, 0.2) is 0 Å². The first-order valence-corrected chi connectivity index (χ1v) is 13.9. The monoisotopic (exact) mass is 700 g/mol. The molecule has 220 valence electrons. The zero-order chi connectivity index (χ0) is 29.7. The van der Waals surface area contributed by atoms with Crippen LogP contribution in [0, 0.1) is 0 Å². The Balaban J connectivity index is 0.000000187. The molecule has 0 fully saturated rings. The number of hydrogen-bond donors (Lipinski definition) is 6. The molecule has 0 radical (unpaired) electrons. The van der Waals surface area contributed by atoms with Crippen molar-refractivity contribution in [2.75, 3.05) is 0 Å². The number of aromatic hydroxyl groups is 4. The Bertz CT molecular complexity index is 1560. The van der Waals surface area contributed by atoms with Crippen molar-refractivity contribution in [3.63, 3.8) is 0 Å². The first-order chi connectivity index (χ1) is 19.5. The van der Waals surface area contributed by atoms with Crippen molar-refractivity contribution < 1.29 is 35.1 Å². The van der Waals surface area contributed by atoms with Gasteiger partial charge >= 0.3 is 5.97 Å². The number of carboxylic acids is 1. The third kappa shape index (κ3) is 7.61. The van der Waals surface area contributed by atoms with E-state index in [0.29, 0.717) is 17.6 Å². The van der Waals surface area contributed by atoms with Gasteiger partial charge in [-0.15, -0.1) is 0 Å². The quantitative estimate of drug-likeness (QED) is 0.139. The van der Waals surface area contributed by atoms with Gasteiger partial charge in [-0.1, -0.05) is 56.0 Å². The molecule has 1 amide bonds. The summed E-state index contributed by atoms with van der Waals surface area (Å²) in [5.74, 6) is -2.45. The second kappa shape index (κ2) is 14.2. The number of halogens is 2. The number of carbonyl (C=O) groups excluding carboxylic acids is 1. The minimum atomic E-state index is -1.24. The number of carbonyl (C=O) groups is 2. The van der Waals surface area contributed by atoms with E-state index in [9.17, 15) is 19.8 Å². The Hall–Kier alpha value is -4.06. The molecule has 4 aromatic rings. The first kappa shape index (κ1) is 32.5. The molecule has 9 nitrogen and oxygen atoms in total. The van der Waals surface area contributed by atoms with Crippen molar-refractivity contribution >= 4 is 43.7 Å². The van der Waals surface area contributed by atoms with E-state index in [0.717, 1.165) is 36.3 Å². The van der Waals surface area contributed by atoms with Gasteiger partial charge in [-0.3, -0.25) is 4.79 Å². The number of aromatic carboxylic acids is 1. The molecular formula is C31H30Br2N2O7. The molecule has 0 saturated carbocycles. The summed E-state index contributed by atoms with van der Waals surface area (Å²) in [7, 11) is 0. The van der Waals surface area contributed by atoms with E-state index >= 15 is 0 Å². The summed E-state index contributed by atoms with van der Waals surface area (Å²) in [4.78, 5) is 24.6. The molecule has 0 aromatic heterocycles. The van der Waals surface area contributed by atoms with E-state index in [1.54, 1.807) is 4.90 Å². The van der Waals surface area contributed by atoms with Gasteiger partial charge in [0, 0.05) is 38.3 Å². The summed E-state index contributed by atoms with van der Waals surface area (Å²) in [6, 6.07) is 21.1. The van der Waals surface area contributed by atoms with Gasteiger partial charge in [-0.25, -0.2) is 4.79 Å². The highest BCUT2D eigenvalue weighted by atomic mass is 79.9. The van der Waals surface area contributed by atoms with E-state index < -0.39 is 11.7 Å². The first-order valence-electron chi connectivity index (χ1n) is 12.3. The zero-order valence-electron chi connectivity index (χ0n) is 21.5. The summed E-state index contributed by atoms with van der Waals surface area (Å²) in [6.45, 7) is 3.17. The number of phenolic OH excluding ortho intramolecular Hbond substituents is 3. The van der Waals surface area contributed by atoms with Gasteiger partial charge in [-0.05, 0) is 66.2 Å². The van der Waals surface area contributed by atoms with Crippen molar-refractivity contribution in [3.05, 3.63) is 115 Å². The van der Waals surface area contributed by atoms with Crippen LogP contribution in [0.25, 0.3) is 0 Å². The number of nitrogens with zero attached hydrogens (tertiary/aromatic N) is 1. The highest BCUT2D eigenvalue weighted by Gasteiger charge is 2.26. The van der Waals surface area contributed by atoms with Crippen molar-refractivity contribution in [2.24, 2.45) is 0 Å². The Morgan fingerprint density at radius 1 is 0.643 bits per heavy atom. The fraction of sp³-hybridized carbons (Fsp3) is 0.161. The van der Waals surface area contributed by atoms with Crippen molar-refractivity contribution in [2.45, 2.75) is 33.6 Å². The number of nitrogens with one attached hydrogen (secondary N) is 1. The molecule has 11 heteroatoms. The zero-order valence-corrected chi connectivity index (χ0v) is 24.7. The van der Waals surface area contributed by atoms with Crippen LogP contribution in [0.2, 0.25) is 0 Å². The van der Waals surface area contributed by atoms with Crippen LogP contribution in [0.5, 0.6) is 23.0 Å². The average Bonchev–Trinajstić information content (AvgIpc) is 3.60. The summed E-state index contributed by atoms with van der Waals surface area (Å²) >= 11 is 6.08. The van der Waals surface area contributed by atoms with E-state index in [4.69, 9.17) is 15.3 Å². The van der Waals surface area contributed by atoms with Crippen LogP contribution in [-0.2, 0) is 26.2 Å². The molecule has 6 rings (SSSR count). The molecule has 6 N–H and O–H groups in total. The minimum Gasteiger partial charge on any atom is -0.507 e. The summed E-state index contributed by atoms with van der Waals surface area (Å²) < 4.78 is 0.619. The molecule has 2 aliphatic heterocycles. The topological polar surface area (TPSA) is 151 Å². The van der Waals surface area contributed by atoms with E-state index in [1.807, 2.05) is 24.3 Å². The molecule has 2 heterocycles. The Morgan fingerprint density at radius 2 is 1.05 bits per heavy atom. The molecule has 0 bridgehead atoms. The van der Waals surface area contributed by atoms with Crippen LogP contribution >= 0.6 is 31.9 Å². The lowest BCUT2D eigenvalue weighted by molar-refractivity contribution is 0.0692. The maximum atomic E-state index is 12.5. The fourth-order valence-electron chi connectivity index (χ4n) is 4.33. The lowest BCUT2D eigenvalue weighted by Crippen LogP contribution is -2.25. The summed E-state index contributed by atoms with van der Waals surface area (Å²) in [5, 5.41) is 49.2. The normalized spacial score (nSPS) is 12.5. The van der Waals surface area contributed by atoms with E-state index in [2.05, 4.69) is 61.4 Å². The van der Waals surface area contributed by atoms with Gasteiger partial charge in [0.05, 0.1) is 14.5 Å². The third-order valence-electron chi connectivity index (χ3n) is 6.47. The highest BCUT2D eigenvalue weighted by Crippen LogP contribution is 2.34. The van der Waals surface area contributed by atoms with Crippen LogP contribution < -0.4 is 5.32 Å². The Kier molecular flexibility index (Phi) is 11.0. The smallest absolute Gasteiger partial charge is 0.339 e. The number of rotatable bonds is 2. The third-order valence-corrected chi connectivity index (χ3v) is 7.74. The Labute approximate surface area is 260 Å². The summed E-state index contributed by atoms with van der Waals surface area (Å²) in [6.07, 6.45) is 0. The predicted octanol–water partition coefficient (Wildman–Crippen LogP) is 6.50. The summed E-state index contributed by atoms with van der Waals surface area (Å²) in [5.41, 5.74) is 5.09. The highest BCUT2D eigenvalue weighted by molar-refractivity contribution is 9.10. The van der Waals surface area contributed by atoms with Crippen LogP contribution in [0.15, 0.2) is 81.7 Å². The number of carboxylic acid groups (broad SMARTS) is 1. The molecule has 0 unspecified atom stereocenters. The van der Waals surface area contributed by atoms with E-state index in [1.165, 1.54) is 23.3 Å². The molecular weight excluding hydrogens is 672 g/mol. The van der Waals surface area contributed by atoms with Gasteiger partial charge < -0.3 is 35.7 Å². The van der Waals surface area contributed by atoms with Gasteiger partial charge in [-0.2, -0.15) is 0 Å². The molecule has 4 aromatic carbocycles. The van der Waals surface area contributed by atoms with Crippen molar-refractivity contribution in [3.8, 4) is 23.0 Å². The average molecular weight is 702 g/mol. The lowest BCUT2D eigenvalue weighted by Gasteiger charge is -2.16. The second-order valence-corrected chi connectivity index (χ2v) is 11.0. The van der Waals surface area contributed by atoms with Crippen molar-refractivity contribution in [1.82, 2.24) is 10.2 Å². The van der Waals surface area contributed by atoms with Crippen LogP contribution in [0.1, 0.15) is 50.4 Å². The van der Waals surface area contributed by atoms with Crippen LogP contribution in [-0.4, -0.2) is 42.3 Å². The number of amides is 1. The second-order valence-electron chi connectivity index (χ2n) is 9.25. The standard InChI is InChI=1S/C15H12BrNO3.C8H9N.C7H5BrO4.CH4/c16-12-5-11(13(18)6-14(12)19)15(20)17-7-9-3-1-2-4-10(9)8-17;1-2-4-8-6-9-5-7(8)3-1;8-4-1-3(7(11)12)5(9)2-6(4)10;/h1-6,18-19H,7-8H2;1-4,9H,5-6H2;1-2,9-10H,(H,11,12);1H4. The molecule has 2 aliphatic rings. The number of hydrogen-bond acceptors (Lipinski definition) is 7. The maximum absolute atomic E-state index is 12.5. The predicted molar refractivity (Wildman–Crippen MR) is 166 cm³/mol. The van der Waals surface area contributed by atoms with Gasteiger partial charge in [0.2, 0.25) is 0 Å². The van der Waals surface area contributed by atoms with E-state index in [-0.39, 0.29) is 46.2 Å². The molecule has 0 atom stereocenters. The largest absolute Gasteiger partial charge is 0.507 e. The lowest BCUT2D eigenvalue weighted by atomic mass is 10.1. The van der Waals surface area contributed by atoms with Crippen LogP contribution in [0.3, 0.4) is 0 Å². The number of fused-ring (bicyclic) bond motifs is 2.